The molecule has 0 spiro atoms. The van der Waals surface area contributed by atoms with Gasteiger partial charge in [0.25, 0.3) is 0 Å². The number of anilines is 1. The van der Waals surface area contributed by atoms with Crippen molar-refractivity contribution in [3.05, 3.63) is 75.8 Å². The number of H-pyrrole nitrogens is 1. The maximum atomic E-state index is 13.2. The van der Waals surface area contributed by atoms with Crippen molar-refractivity contribution in [3.63, 3.8) is 0 Å². The van der Waals surface area contributed by atoms with Crippen molar-refractivity contribution in [1.29, 1.82) is 0 Å². The van der Waals surface area contributed by atoms with Crippen LogP contribution in [0.1, 0.15) is 31.0 Å². The molecule has 0 atom stereocenters. The first-order valence-corrected chi connectivity index (χ1v) is 9.87. The second-order valence-corrected chi connectivity index (χ2v) is 7.65. The number of pyridine rings is 1. The van der Waals surface area contributed by atoms with Crippen LogP contribution in [0.25, 0.3) is 10.9 Å². The minimum atomic E-state index is -0.437. The number of thioether (sulfide) groups is 1. The van der Waals surface area contributed by atoms with Gasteiger partial charge >= 0.3 is 0 Å². The van der Waals surface area contributed by atoms with E-state index >= 15 is 0 Å². The van der Waals surface area contributed by atoms with Crippen molar-refractivity contribution >= 4 is 34.3 Å². The van der Waals surface area contributed by atoms with Gasteiger partial charge in [-0.05, 0) is 41.8 Å². The standard InChI is InChI=1S/C21H21FN2O2S/c1-13(2)14-3-6-16(7-4-14)24-21(26)12-27-11-17-10-20(25)18-9-15(22)5-8-19(18)23-17/h3-10,13H,11-12H2,1-2H3,(H,23,25)(H,24,26). The van der Waals surface area contributed by atoms with E-state index in [1.54, 1.807) is 6.07 Å². The van der Waals surface area contributed by atoms with Crippen LogP contribution in [-0.4, -0.2) is 16.6 Å². The average molecular weight is 384 g/mol. The molecule has 140 valence electrons. The number of rotatable bonds is 6. The summed E-state index contributed by atoms with van der Waals surface area (Å²) in [5.41, 5.74) is 3.06. The first-order valence-electron chi connectivity index (χ1n) is 8.71. The minimum absolute atomic E-state index is 0.0949. The van der Waals surface area contributed by atoms with Crippen LogP contribution in [0.2, 0.25) is 0 Å². The highest BCUT2D eigenvalue weighted by Gasteiger charge is 2.07. The SMILES string of the molecule is CC(C)c1ccc(NC(=O)CSCc2cc(=O)c3cc(F)ccc3[nH]2)cc1. The summed E-state index contributed by atoms with van der Waals surface area (Å²) in [6, 6.07) is 13.4. The summed E-state index contributed by atoms with van der Waals surface area (Å²) in [6.07, 6.45) is 0. The van der Waals surface area contributed by atoms with Gasteiger partial charge in [0.2, 0.25) is 5.91 Å². The molecule has 27 heavy (non-hydrogen) atoms. The van der Waals surface area contributed by atoms with Crippen LogP contribution in [0.5, 0.6) is 0 Å². The van der Waals surface area contributed by atoms with E-state index in [0.29, 0.717) is 28.3 Å². The van der Waals surface area contributed by atoms with Crippen molar-refractivity contribution in [2.24, 2.45) is 0 Å². The summed E-state index contributed by atoms with van der Waals surface area (Å²) >= 11 is 1.41. The van der Waals surface area contributed by atoms with Gasteiger partial charge in [-0.25, -0.2) is 4.39 Å². The van der Waals surface area contributed by atoms with E-state index in [-0.39, 0.29) is 17.1 Å². The Morgan fingerprint density at radius 1 is 1.15 bits per heavy atom. The quantitative estimate of drug-likeness (QED) is 0.650. The predicted molar refractivity (Wildman–Crippen MR) is 110 cm³/mol. The van der Waals surface area contributed by atoms with E-state index in [2.05, 4.69) is 24.1 Å². The zero-order valence-electron chi connectivity index (χ0n) is 15.2. The fourth-order valence-electron chi connectivity index (χ4n) is 2.75. The van der Waals surface area contributed by atoms with Crippen LogP contribution >= 0.6 is 11.8 Å². The molecule has 1 heterocycles. The topological polar surface area (TPSA) is 62.0 Å². The monoisotopic (exact) mass is 384 g/mol. The molecule has 6 heteroatoms. The van der Waals surface area contributed by atoms with Gasteiger partial charge in [-0.3, -0.25) is 9.59 Å². The highest BCUT2D eigenvalue weighted by atomic mass is 32.2. The summed E-state index contributed by atoms with van der Waals surface area (Å²) in [7, 11) is 0. The minimum Gasteiger partial charge on any atom is -0.357 e. The Kier molecular flexibility index (Phi) is 5.96. The molecule has 3 aromatic rings. The summed E-state index contributed by atoms with van der Waals surface area (Å²) < 4.78 is 13.2. The molecule has 0 radical (unpaired) electrons. The number of hydrogen-bond donors (Lipinski definition) is 2. The van der Waals surface area contributed by atoms with Gasteiger partial charge in [0.05, 0.1) is 5.75 Å². The first kappa shape index (κ1) is 19.2. The Bertz CT molecular complexity index is 1010. The van der Waals surface area contributed by atoms with Crippen LogP contribution in [0.15, 0.2) is 53.3 Å². The Morgan fingerprint density at radius 3 is 2.59 bits per heavy atom. The molecule has 3 rings (SSSR count). The van der Waals surface area contributed by atoms with Crippen LogP contribution < -0.4 is 10.7 Å². The summed E-state index contributed by atoms with van der Waals surface area (Å²) in [5, 5.41) is 3.19. The number of carbonyl (C=O) groups excluding carboxylic acids is 1. The molecular weight excluding hydrogens is 363 g/mol. The molecule has 0 bridgehead atoms. The maximum absolute atomic E-state index is 13.2. The molecule has 0 fully saturated rings. The Hall–Kier alpha value is -2.60. The van der Waals surface area contributed by atoms with E-state index in [1.165, 1.54) is 35.5 Å². The lowest BCUT2D eigenvalue weighted by atomic mass is 10.0. The third-order valence-corrected chi connectivity index (χ3v) is 5.18. The van der Waals surface area contributed by atoms with E-state index in [9.17, 15) is 14.0 Å². The van der Waals surface area contributed by atoms with Gasteiger partial charge < -0.3 is 10.3 Å². The lowest BCUT2D eigenvalue weighted by Gasteiger charge is -2.09. The van der Waals surface area contributed by atoms with Gasteiger partial charge in [0.1, 0.15) is 5.82 Å². The zero-order chi connectivity index (χ0) is 19.4. The molecule has 0 aliphatic heterocycles. The first-order chi connectivity index (χ1) is 12.9. The summed E-state index contributed by atoms with van der Waals surface area (Å²) in [5.74, 6) is 0.680. The van der Waals surface area contributed by atoms with Crippen LogP contribution in [0.4, 0.5) is 10.1 Å². The number of amides is 1. The number of carbonyl (C=O) groups is 1. The van der Waals surface area contributed by atoms with Gasteiger partial charge in [-0.1, -0.05) is 26.0 Å². The summed E-state index contributed by atoms with van der Waals surface area (Å²) in [6.45, 7) is 4.25. The third kappa shape index (κ3) is 4.98. The molecule has 0 aliphatic carbocycles. The molecule has 0 unspecified atom stereocenters. The van der Waals surface area contributed by atoms with Crippen LogP contribution in [0.3, 0.4) is 0 Å². The predicted octanol–water partition coefficient (Wildman–Crippen LogP) is 4.66. The van der Waals surface area contributed by atoms with Crippen LogP contribution in [-0.2, 0) is 10.5 Å². The fraction of sp³-hybridized carbons (Fsp3) is 0.238. The van der Waals surface area contributed by atoms with E-state index < -0.39 is 5.82 Å². The molecule has 0 aliphatic rings. The number of fused-ring (bicyclic) bond motifs is 1. The average Bonchev–Trinajstić information content (AvgIpc) is 2.63. The number of nitrogens with one attached hydrogen (secondary N) is 2. The highest BCUT2D eigenvalue weighted by Crippen LogP contribution is 2.18. The number of hydrogen-bond acceptors (Lipinski definition) is 3. The number of benzene rings is 2. The Morgan fingerprint density at radius 2 is 1.89 bits per heavy atom. The smallest absolute Gasteiger partial charge is 0.234 e. The van der Waals surface area contributed by atoms with Crippen LogP contribution in [0, 0.1) is 5.82 Å². The summed E-state index contributed by atoms with van der Waals surface area (Å²) in [4.78, 5) is 27.3. The fourth-order valence-corrected chi connectivity index (χ4v) is 3.49. The molecular formula is C21H21FN2O2S. The molecule has 0 saturated heterocycles. The Labute approximate surface area is 161 Å². The third-order valence-electron chi connectivity index (χ3n) is 4.20. The van der Waals surface area contributed by atoms with Crippen molar-refractivity contribution in [2.45, 2.75) is 25.5 Å². The van der Waals surface area contributed by atoms with Crippen molar-refractivity contribution < 1.29 is 9.18 Å². The van der Waals surface area contributed by atoms with Gasteiger partial charge in [-0.15, -0.1) is 11.8 Å². The second-order valence-electron chi connectivity index (χ2n) is 6.67. The zero-order valence-corrected chi connectivity index (χ0v) is 16.0. The maximum Gasteiger partial charge on any atom is 0.234 e. The molecule has 0 saturated carbocycles. The van der Waals surface area contributed by atoms with Crippen molar-refractivity contribution in [3.8, 4) is 0 Å². The highest BCUT2D eigenvalue weighted by molar-refractivity contribution is 7.99. The van der Waals surface area contributed by atoms with Gasteiger partial charge in [0.15, 0.2) is 5.43 Å². The Balaban J connectivity index is 1.56. The number of aromatic amines is 1. The molecule has 1 aromatic heterocycles. The van der Waals surface area contributed by atoms with Crippen molar-refractivity contribution in [2.75, 3.05) is 11.1 Å². The molecule has 2 aromatic carbocycles. The van der Waals surface area contributed by atoms with Gasteiger partial charge in [0, 0.05) is 34.1 Å². The van der Waals surface area contributed by atoms with E-state index in [0.717, 1.165) is 5.69 Å². The normalized spacial score (nSPS) is 11.1. The lowest BCUT2D eigenvalue weighted by Crippen LogP contribution is -2.14. The lowest BCUT2D eigenvalue weighted by molar-refractivity contribution is -0.113. The second kappa shape index (κ2) is 8.39. The van der Waals surface area contributed by atoms with E-state index in [4.69, 9.17) is 0 Å². The molecule has 4 nitrogen and oxygen atoms in total. The van der Waals surface area contributed by atoms with Gasteiger partial charge in [-0.2, -0.15) is 0 Å². The number of aromatic nitrogens is 1. The largest absolute Gasteiger partial charge is 0.357 e. The van der Waals surface area contributed by atoms with E-state index in [1.807, 2.05) is 24.3 Å². The molecule has 1 amide bonds. The molecule has 2 N–H and O–H groups in total. The van der Waals surface area contributed by atoms with Crippen molar-refractivity contribution in [1.82, 2.24) is 4.98 Å². The number of halogens is 1.